The second-order valence-corrected chi connectivity index (χ2v) is 4.06. The van der Waals surface area contributed by atoms with Crippen LogP contribution in [0.2, 0.25) is 0 Å². The van der Waals surface area contributed by atoms with Gasteiger partial charge < -0.3 is 10.2 Å². The van der Waals surface area contributed by atoms with E-state index in [2.05, 4.69) is 27.5 Å². The Morgan fingerprint density at radius 2 is 2.43 bits per heavy atom. The first-order valence-electron chi connectivity index (χ1n) is 5.28. The Labute approximate surface area is 84.7 Å². The summed E-state index contributed by atoms with van der Waals surface area (Å²) in [7, 11) is 2.19. The minimum absolute atomic E-state index is 0.609. The van der Waals surface area contributed by atoms with Crippen molar-refractivity contribution in [3.63, 3.8) is 0 Å². The van der Waals surface area contributed by atoms with E-state index in [0.717, 1.165) is 5.69 Å². The standard InChI is InChI=1S/C10H18N4/c1-14-5-2-3-9(4-6-14)13-10-7-11-12-8-10/h7-9,13H,2-6H2,1H3,(H,11,12). The summed E-state index contributed by atoms with van der Waals surface area (Å²) in [6.45, 7) is 2.42. The molecule has 0 bridgehead atoms. The smallest absolute Gasteiger partial charge is 0.0725 e. The van der Waals surface area contributed by atoms with Crippen molar-refractivity contribution in [2.75, 3.05) is 25.5 Å². The van der Waals surface area contributed by atoms with Gasteiger partial charge in [0, 0.05) is 12.2 Å². The second kappa shape index (κ2) is 4.46. The number of rotatable bonds is 2. The average molecular weight is 194 g/mol. The minimum atomic E-state index is 0.609. The summed E-state index contributed by atoms with van der Waals surface area (Å²) in [5, 5.41) is 10.2. The van der Waals surface area contributed by atoms with Crippen LogP contribution in [0, 0.1) is 0 Å². The number of hydrogen-bond donors (Lipinski definition) is 2. The van der Waals surface area contributed by atoms with Crippen molar-refractivity contribution in [2.45, 2.75) is 25.3 Å². The highest BCUT2D eigenvalue weighted by Crippen LogP contribution is 2.14. The molecular formula is C10H18N4. The highest BCUT2D eigenvalue weighted by Gasteiger charge is 2.14. The lowest BCUT2D eigenvalue weighted by Crippen LogP contribution is -2.22. The SMILES string of the molecule is CN1CCCC(Nc2cn[nH]c2)CC1. The first kappa shape index (κ1) is 9.52. The Morgan fingerprint density at radius 1 is 1.50 bits per heavy atom. The number of likely N-dealkylation sites (tertiary alicyclic amines) is 1. The molecule has 0 radical (unpaired) electrons. The molecule has 0 amide bonds. The molecule has 1 fully saturated rings. The summed E-state index contributed by atoms with van der Waals surface area (Å²) < 4.78 is 0. The number of aromatic amines is 1. The van der Waals surface area contributed by atoms with E-state index < -0.39 is 0 Å². The minimum Gasteiger partial charge on any atom is -0.380 e. The zero-order valence-electron chi connectivity index (χ0n) is 8.66. The molecule has 0 aromatic carbocycles. The lowest BCUT2D eigenvalue weighted by atomic mass is 10.1. The van der Waals surface area contributed by atoms with E-state index >= 15 is 0 Å². The zero-order chi connectivity index (χ0) is 9.80. The van der Waals surface area contributed by atoms with Gasteiger partial charge in [0.15, 0.2) is 0 Å². The second-order valence-electron chi connectivity index (χ2n) is 4.06. The number of nitrogens with one attached hydrogen (secondary N) is 2. The molecule has 2 heterocycles. The van der Waals surface area contributed by atoms with Gasteiger partial charge in [-0.25, -0.2) is 0 Å². The van der Waals surface area contributed by atoms with Gasteiger partial charge in [0.05, 0.1) is 11.9 Å². The van der Waals surface area contributed by atoms with Crippen molar-refractivity contribution in [3.05, 3.63) is 12.4 Å². The van der Waals surface area contributed by atoms with Gasteiger partial charge in [0.25, 0.3) is 0 Å². The lowest BCUT2D eigenvalue weighted by Gasteiger charge is -2.16. The first-order valence-corrected chi connectivity index (χ1v) is 5.28. The Bertz CT molecular complexity index is 257. The van der Waals surface area contributed by atoms with Crippen LogP contribution in [0.15, 0.2) is 12.4 Å². The molecule has 1 aromatic heterocycles. The maximum absolute atomic E-state index is 3.93. The fourth-order valence-electron chi connectivity index (χ4n) is 1.95. The van der Waals surface area contributed by atoms with Crippen LogP contribution < -0.4 is 5.32 Å². The molecule has 1 aromatic rings. The number of anilines is 1. The van der Waals surface area contributed by atoms with Crippen LogP contribution in [-0.2, 0) is 0 Å². The normalized spacial score (nSPS) is 24.5. The van der Waals surface area contributed by atoms with Crippen molar-refractivity contribution < 1.29 is 0 Å². The van der Waals surface area contributed by atoms with E-state index in [0.29, 0.717) is 6.04 Å². The Kier molecular flexibility index (Phi) is 3.03. The quantitative estimate of drug-likeness (QED) is 0.746. The summed E-state index contributed by atoms with van der Waals surface area (Å²) in [5.41, 5.74) is 1.11. The van der Waals surface area contributed by atoms with E-state index in [9.17, 15) is 0 Å². The van der Waals surface area contributed by atoms with Crippen LogP contribution >= 0.6 is 0 Å². The predicted molar refractivity (Wildman–Crippen MR) is 57.3 cm³/mol. The third kappa shape index (κ3) is 2.48. The van der Waals surface area contributed by atoms with Crippen LogP contribution in [0.5, 0.6) is 0 Å². The number of H-pyrrole nitrogens is 1. The molecule has 4 nitrogen and oxygen atoms in total. The Balaban J connectivity index is 1.86. The van der Waals surface area contributed by atoms with Crippen LogP contribution in [-0.4, -0.2) is 41.3 Å². The lowest BCUT2D eigenvalue weighted by molar-refractivity contribution is 0.348. The molecule has 1 atom stereocenters. The van der Waals surface area contributed by atoms with Crippen molar-refractivity contribution in [2.24, 2.45) is 0 Å². The van der Waals surface area contributed by atoms with E-state index in [1.165, 1.54) is 32.4 Å². The maximum Gasteiger partial charge on any atom is 0.0725 e. The van der Waals surface area contributed by atoms with Crippen LogP contribution in [0.4, 0.5) is 5.69 Å². The fourth-order valence-corrected chi connectivity index (χ4v) is 1.95. The Hall–Kier alpha value is -1.03. The van der Waals surface area contributed by atoms with Gasteiger partial charge in [-0.05, 0) is 39.4 Å². The molecule has 1 unspecified atom stereocenters. The third-order valence-corrected chi connectivity index (χ3v) is 2.82. The van der Waals surface area contributed by atoms with Gasteiger partial charge in [0.2, 0.25) is 0 Å². The summed E-state index contributed by atoms with van der Waals surface area (Å²) >= 11 is 0. The molecule has 0 saturated carbocycles. The van der Waals surface area contributed by atoms with Gasteiger partial charge in [-0.2, -0.15) is 5.10 Å². The molecule has 1 aliphatic rings. The largest absolute Gasteiger partial charge is 0.380 e. The molecule has 14 heavy (non-hydrogen) atoms. The summed E-state index contributed by atoms with van der Waals surface area (Å²) in [6, 6.07) is 0.609. The van der Waals surface area contributed by atoms with Crippen molar-refractivity contribution in [3.8, 4) is 0 Å². The number of hydrogen-bond acceptors (Lipinski definition) is 3. The predicted octanol–water partition coefficient (Wildman–Crippen LogP) is 1.31. The van der Waals surface area contributed by atoms with E-state index in [-0.39, 0.29) is 0 Å². The average Bonchev–Trinajstić information content (AvgIpc) is 2.58. The number of aromatic nitrogens is 2. The fraction of sp³-hybridized carbons (Fsp3) is 0.700. The van der Waals surface area contributed by atoms with Crippen molar-refractivity contribution >= 4 is 5.69 Å². The molecule has 2 rings (SSSR count). The van der Waals surface area contributed by atoms with E-state index in [1.54, 1.807) is 0 Å². The molecular weight excluding hydrogens is 176 g/mol. The monoisotopic (exact) mass is 194 g/mol. The van der Waals surface area contributed by atoms with Crippen LogP contribution in [0.1, 0.15) is 19.3 Å². The summed E-state index contributed by atoms with van der Waals surface area (Å²) in [6.07, 6.45) is 7.52. The highest BCUT2D eigenvalue weighted by atomic mass is 15.1. The van der Waals surface area contributed by atoms with Crippen molar-refractivity contribution in [1.29, 1.82) is 0 Å². The van der Waals surface area contributed by atoms with E-state index in [4.69, 9.17) is 0 Å². The van der Waals surface area contributed by atoms with Gasteiger partial charge in [-0.15, -0.1) is 0 Å². The van der Waals surface area contributed by atoms with E-state index in [1.807, 2.05) is 12.4 Å². The van der Waals surface area contributed by atoms with Crippen LogP contribution in [0.3, 0.4) is 0 Å². The van der Waals surface area contributed by atoms with Gasteiger partial charge in [-0.3, -0.25) is 5.10 Å². The highest BCUT2D eigenvalue weighted by molar-refractivity contribution is 5.38. The topological polar surface area (TPSA) is 44.0 Å². The third-order valence-electron chi connectivity index (χ3n) is 2.82. The summed E-state index contributed by atoms with van der Waals surface area (Å²) in [4.78, 5) is 2.40. The molecule has 0 aliphatic carbocycles. The summed E-state index contributed by atoms with van der Waals surface area (Å²) in [5.74, 6) is 0. The zero-order valence-corrected chi connectivity index (χ0v) is 8.66. The van der Waals surface area contributed by atoms with Gasteiger partial charge in [0.1, 0.15) is 0 Å². The number of nitrogens with zero attached hydrogens (tertiary/aromatic N) is 2. The molecule has 1 aliphatic heterocycles. The molecule has 1 saturated heterocycles. The maximum atomic E-state index is 3.93. The van der Waals surface area contributed by atoms with Crippen molar-refractivity contribution in [1.82, 2.24) is 15.1 Å². The molecule has 0 spiro atoms. The Morgan fingerprint density at radius 3 is 3.21 bits per heavy atom. The van der Waals surface area contributed by atoms with Crippen LogP contribution in [0.25, 0.3) is 0 Å². The van der Waals surface area contributed by atoms with Gasteiger partial charge >= 0.3 is 0 Å². The first-order chi connectivity index (χ1) is 6.84. The van der Waals surface area contributed by atoms with Gasteiger partial charge in [-0.1, -0.05) is 0 Å². The molecule has 78 valence electrons. The molecule has 4 heteroatoms. The molecule has 2 N–H and O–H groups in total.